The molecule has 66 valence electrons. The Morgan fingerprint density at radius 1 is 1.33 bits per heavy atom. The van der Waals surface area contributed by atoms with Gasteiger partial charge in [-0.15, -0.1) is 0 Å². The minimum Gasteiger partial charge on any atom is -0.492 e. The van der Waals surface area contributed by atoms with Gasteiger partial charge in [0, 0.05) is 6.07 Å². The number of rotatable bonds is 5. The molecule has 0 unspecified atom stereocenters. The first-order valence-corrected chi connectivity index (χ1v) is 4.33. The third-order valence-electron chi connectivity index (χ3n) is 1.57. The lowest BCUT2D eigenvalue weighted by atomic mass is 10.3. The third kappa shape index (κ3) is 3.32. The Hall–Kier alpha value is -1.12. The maximum atomic E-state index is 5.41. The van der Waals surface area contributed by atoms with Crippen molar-refractivity contribution in [3.8, 4) is 5.75 Å². The molecule has 0 N–H and O–H groups in total. The number of ether oxygens (including phenoxy) is 1. The van der Waals surface area contributed by atoms with E-state index in [-0.39, 0.29) is 0 Å². The van der Waals surface area contributed by atoms with Gasteiger partial charge in [0.1, 0.15) is 5.75 Å². The molecule has 12 heavy (non-hydrogen) atoms. The molecule has 0 fully saturated rings. The fraction of sp³-hybridized carbons (Fsp3) is 0.556. The predicted molar refractivity (Wildman–Crippen MR) is 47.1 cm³/mol. The molecule has 0 radical (unpaired) electrons. The molecule has 0 aromatic carbocycles. The molecule has 0 saturated heterocycles. The first-order chi connectivity index (χ1) is 5.93. The van der Waals surface area contributed by atoms with Gasteiger partial charge >= 0.3 is 0 Å². The van der Waals surface area contributed by atoms with E-state index in [2.05, 4.69) is 17.1 Å². The van der Waals surface area contributed by atoms with Crippen LogP contribution in [-0.2, 0) is 0 Å². The van der Waals surface area contributed by atoms with Crippen molar-refractivity contribution in [2.24, 2.45) is 0 Å². The Kier molecular flexibility index (Phi) is 4.13. The van der Waals surface area contributed by atoms with Crippen LogP contribution in [-0.4, -0.2) is 16.8 Å². The highest BCUT2D eigenvalue weighted by atomic mass is 16.5. The van der Waals surface area contributed by atoms with Crippen LogP contribution in [0.1, 0.15) is 26.2 Å². The number of nitrogens with zero attached hydrogens (tertiary/aromatic N) is 2. The maximum Gasteiger partial charge on any atom is 0.141 e. The molecule has 1 heterocycles. The number of unbranched alkanes of at least 4 members (excludes halogenated alkanes) is 2. The summed E-state index contributed by atoms with van der Waals surface area (Å²) in [5.74, 6) is 0.807. The van der Waals surface area contributed by atoms with Crippen molar-refractivity contribution in [3.05, 3.63) is 18.5 Å². The molecule has 0 aliphatic heterocycles. The molecule has 3 nitrogen and oxygen atoms in total. The van der Waals surface area contributed by atoms with Crippen LogP contribution in [0.15, 0.2) is 18.5 Å². The van der Waals surface area contributed by atoms with Gasteiger partial charge in [-0.1, -0.05) is 19.8 Å². The van der Waals surface area contributed by atoms with Crippen LogP contribution < -0.4 is 4.74 Å². The first kappa shape index (κ1) is 8.97. The van der Waals surface area contributed by atoms with Crippen LogP contribution in [0.4, 0.5) is 0 Å². The van der Waals surface area contributed by atoms with Gasteiger partial charge in [-0.2, -0.15) is 10.2 Å². The van der Waals surface area contributed by atoms with Gasteiger partial charge in [0.2, 0.25) is 0 Å². The SMILES string of the molecule is CCCCCOc1ccnnc1. The van der Waals surface area contributed by atoms with E-state index in [1.165, 1.54) is 12.8 Å². The van der Waals surface area contributed by atoms with Crippen molar-refractivity contribution >= 4 is 0 Å². The summed E-state index contributed by atoms with van der Waals surface area (Å²) in [4.78, 5) is 0. The highest BCUT2D eigenvalue weighted by molar-refractivity contribution is 5.12. The predicted octanol–water partition coefficient (Wildman–Crippen LogP) is 2.05. The van der Waals surface area contributed by atoms with Crippen molar-refractivity contribution in [3.63, 3.8) is 0 Å². The van der Waals surface area contributed by atoms with Crippen LogP contribution in [0.2, 0.25) is 0 Å². The van der Waals surface area contributed by atoms with Gasteiger partial charge in [-0.05, 0) is 6.42 Å². The van der Waals surface area contributed by atoms with Gasteiger partial charge in [0.05, 0.1) is 19.0 Å². The van der Waals surface area contributed by atoms with E-state index in [1.807, 2.05) is 6.07 Å². The molecule has 0 saturated carbocycles. The fourth-order valence-corrected chi connectivity index (χ4v) is 0.906. The van der Waals surface area contributed by atoms with Gasteiger partial charge < -0.3 is 4.74 Å². The van der Waals surface area contributed by atoms with Gasteiger partial charge in [-0.3, -0.25) is 0 Å². The normalized spacial score (nSPS) is 9.75. The standard InChI is InChI=1S/C9H14N2O/c1-2-3-4-7-12-9-5-6-10-11-8-9/h5-6,8H,2-4,7H2,1H3. The summed E-state index contributed by atoms with van der Waals surface area (Å²) in [6, 6.07) is 1.82. The van der Waals surface area contributed by atoms with E-state index in [4.69, 9.17) is 4.74 Å². The molecule has 1 rings (SSSR count). The van der Waals surface area contributed by atoms with Crippen LogP contribution in [0.25, 0.3) is 0 Å². The Balaban J connectivity index is 2.16. The van der Waals surface area contributed by atoms with E-state index in [1.54, 1.807) is 12.4 Å². The summed E-state index contributed by atoms with van der Waals surface area (Å²) in [5, 5.41) is 7.37. The van der Waals surface area contributed by atoms with Gasteiger partial charge in [-0.25, -0.2) is 0 Å². The molecule has 1 aromatic heterocycles. The second kappa shape index (κ2) is 5.52. The summed E-state index contributed by atoms with van der Waals surface area (Å²) in [7, 11) is 0. The molecule has 0 atom stereocenters. The average molecular weight is 166 g/mol. The highest BCUT2D eigenvalue weighted by Crippen LogP contribution is 2.05. The second-order valence-electron chi connectivity index (χ2n) is 2.63. The summed E-state index contributed by atoms with van der Waals surface area (Å²) in [6.45, 7) is 2.95. The second-order valence-corrected chi connectivity index (χ2v) is 2.63. The molecule has 3 heteroatoms. The van der Waals surface area contributed by atoms with Crippen LogP contribution in [0, 0.1) is 0 Å². The molecular weight excluding hydrogens is 152 g/mol. The van der Waals surface area contributed by atoms with Crippen LogP contribution in [0.5, 0.6) is 5.75 Å². The fourth-order valence-electron chi connectivity index (χ4n) is 0.906. The lowest BCUT2D eigenvalue weighted by Gasteiger charge is -2.03. The monoisotopic (exact) mass is 166 g/mol. The molecule has 1 aromatic rings. The van der Waals surface area contributed by atoms with Gasteiger partial charge in [0.25, 0.3) is 0 Å². The average Bonchev–Trinajstić information content (AvgIpc) is 2.14. The maximum absolute atomic E-state index is 5.41. The third-order valence-corrected chi connectivity index (χ3v) is 1.57. The summed E-state index contributed by atoms with van der Waals surface area (Å²) < 4.78 is 5.41. The minimum absolute atomic E-state index is 0.777. The molecule has 0 amide bonds. The lowest BCUT2D eigenvalue weighted by molar-refractivity contribution is 0.304. The quantitative estimate of drug-likeness (QED) is 0.628. The van der Waals surface area contributed by atoms with E-state index >= 15 is 0 Å². The Morgan fingerprint density at radius 2 is 2.25 bits per heavy atom. The van der Waals surface area contributed by atoms with E-state index in [0.717, 1.165) is 18.8 Å². The van der Waals surface area contributed by atoms with E-state index in [0.29, 0.717) is 0 Å². The number of hydrogen-bond acceptors (Lipinski definition) is 3. The Morgan fingerprint density at radius 3 is 2.92 bits per heavy atom. The molecule has 0 spiro atoms. The summed E-state index contributed by atoms with van der Waals surface area (Å²) >= 11 is 0. The molecule has 0 aliphatic rings. The van der Waals surface area contributed by atoms with Crippen LogP contribution >= 0.6 is 0 Å². The zero-order chi connectivity index (χ0) is 8.65. The van der Waals surface area contributed by atoms with E-state index in [9.17, 15) is 0 Å². The molecule has 0 bridgehead atoms. The van der Waals surface area contributed by atoms with Crippen LogP contribution in [0.3, 0.4) is 0 Å². The largest absolute Gasteiger partial charge is 0.492 e. The van der Waals surface area contributed by atoms with Gasteiger partial charge in [0.15, 0.2) is 0 Å². The van der Waals surface area contributed by atoms with Crippen molar-refractivity contribution in [2.45, 2.75) is 26.2 Å². The number of aromatic nitrogens is 2. The molecular formula is C9H14N2O. The zero-order valence-corrected chi connectivity index (χ0v) is 7.36. The zero-order valence-electron chi connectivity index (χ0n) is 7.36. The van der Waals surface area contributed by atoms with Crippen molar-refractivity contribution < 1.29 is 4.74 Å². The summed E-state index contributed by atoms with van der Waals surface area (Å²) in [6.07, 6.45) is 6.82. The lowest BCUT2D eigenvalue weighted by Crippen LogP contribution is -1.97. The Bertz CT molecular complexity index is 201. The van der Waals surface area contributed by atoms with Crippen molar-refractivity contribution in [1.29, 1.82) is 0 Å². The van der Waals surface area contributed by atoms with E-state index < -0.39 is 0 Å². The number of hydrogen-bond donors (Lipinski definition) is 0. The highest BCUT2D eigenvalue weighted by Gasteiger charge is 1.91. The van der Waals surface area contributed by atoms with Crippen molar-refractivity contribution in [1.82, 2.24) is 10.2 Å². The molecule has 0 aliphatic carbocycles. The smallest absolute Gasteiger partial charge is 0.141 e. The topological polar surface area (TPSA) is 35.0 Å². The minimum atomic E-state index is 0.777. The Labute approximate surface area is 72.8 Å². The summed E-state index contributed by atoms with van der Waals surface area (Å²) in [5.41, 5.74) is 0. The first-order valence-electron chi connectivity index (χ1n) is 4.33. The van der Waals surface area contributed by atoms with Crippen molar-refractivity contribution in [2.75, 3.05) is 6.61 Å².